The van der Waals surface area contributed by atoms with Crippen molar-refractivity contribution >= 4 is 35.1 Å². The summed E-state index contributed by atoms with van der Waals surface area (Å²) >= 11 is 5.66. The first-order valence-corrected chi connectivity index (χ1v) is 8.27. The molecule has 27 heavy (non-hydrogen) atoms. The van der Waals surface area contributed by atoms with Crippen molar-refractivity contribution in [2.24, 2.45) is 0 Å². The summed E-state index contributed by atoms with van der Waals surface area (Å²) in [6, 6.07) is 9.71. The fraction of sp³-hybridized carbons (Fsp3) is 0.167. The monoisotopic (exact) mass is 391 g/mol. The molecule has 4 amide bonds. The van der Waals surface area contributed by atoms with Crippen molar-refractivity contribution in [1.82, 2.24) is 10.6 Å². The number of anilines is 1. The topological polar surface area (TPSA) is 96.5 Å². The van der Waals surface area contributed by atoms with Gasteiger partial charge in [0.15, 0.2) is 6.61 Å². The third kappa shape index (κ3) is 4.01. The second kappa shape index (κ2) is 7.24. The number of urea groups is 1. The second-order valence-corrected chi connectivity index (χ2v) is 6.43. The lowest BCUT2D eigenvalue weighted by Crippen LogP contribution is -2.40. The first-order valence-electron chi connectivity index (χ1n) is 7.90. The zero-order valence-corrected chi connectivity index (χ0v) is 14.9. The highest BCUT2D eigenvalue weighted by atomic mass is 35.5. The van der Waals surface area contributed by atoms with E-state index in [0.29, 0.717) is 11.3 Å². The number of ether oxygens (including phenoxy) is 1. The first kappa shape index (κ1) is 18.7. The zero-order valence-electron chi connectivity index (χ0n) is 14.1. The maximum absolute atomic E-state index is 13.1. The minimum absolute atomic E-state index is 0.106. The predicted molar refractivity (Wildman–Crippen MR) is 96.0 cm³/mol. The van der Waals surface area contributed by atoms with Crippen molar-refractivity contribution < 1.29 is 23.5 Å². The second-order valence-electron chi connectivity index (χ2n) is 6.03. The van der Waals surface area contributed by atoms with E-state index in [4.69, 9.17) is 16.3 Å². The molecule has 3 N–H and O–H groups in total. The van der Waals surface area contributed by atoms with Crippen LogP contribution in [-0.4, -0.2) is 24.5 Å². The van der Waals surface area contributed by atoms with Crippen LogP contribution in [0.3, 0.4) is 0 Å². The van der Waals surface area contributed by atoms with Crippen LogP contribution < -0.4 is 20.7 Å². The lowest BCUT2D eigenvalue weighted by Gasteiger charge is -2.21. The minimum atomic E-state index is -1.22. The summed E-state index contributed by atoms with van der Waals surface area (Å²) in [5, 5.41) is 7.26. The number of nitrogens with one attached hydrogen (secondary N) is 3. The van der Waals surface area contributed by atoms with Gasteiger partial charge in [-0.25, -0.2) is 9.18 Å². The van der Waals surface area contributed by atoms with Gasteiger partial charge < -0.3 is 15.4 Å². The molecule has 1 saturated heterocycles. The van der Waals surface area contributed by atoms with E-state index in [1.807, 2.05) is 0 Å². The molecule has 0 saturated carbocycles. The SMILES string of the molecule is CC1(c2cccc(NC(=O)COc3ccc(F)c(Cl)c3)c2)NC(=O)NC1=O. The summed E-state index contributed by atoms with van der Waals surface area (Å²) < 4.78 is 18.4. The number of amides is 4. The Hall–Kier alpha value is -3.13. The van der Waals surface area contributed by atoms with Crippen molar-refractivity contribution in [3.05, 3.63) is 58.9 Å². The molecule has 9 heteroatoms. The van der Waals surface area contributed by atoms with Crippen molar-refractivity contribution in [1.29, 1.82) is 0 Å². The minimum Gasteiger partial charge on any atom is -0.484 e. The lowest BCUT2D eigenvalue weighted by atomic mass is 9.92. The number of carbonyl (C=O) groups excluding carboxylic acids is 3. The molecule has 1 aliphatic rings. The largest absolute Gasteiger partial charge is 0.484 e. The maximum Gasteiger partial charge on any atom is 0.322 e. The molecule has 1 unspecified atom stereocenters. The van der Waals surface area contributed by atoms with Gasteiger partial charge in [0, 0.05) is 11.8 Å². The summed E-state index contributed by atoms with van der Waals surface area (Å²) in [5.41, 5.74) is -0.289. The Balaban J connectivity index is 1.65. The van der Waals surface area contributed by atoms with Crippen molar-refractivity contribution in [2.75, 3.05) is 11.9 Å². The van der Waals surface area contributed by atoms with E-state index in [1.54, 1.807) is 31.2 Å². The van der Waals surface area contributed by atoms with E-state index in [1.165, 1.54) is 12.1 Å². The Morgan fingerprint density at radius 3 is 2.70 bits per heavy atom. The molecule has 0 bridgehead atoms. The Labute approximate surface area is 158 Å². The summed E-state index contributed by atoms with van der Waals surface area (Å²) in [5.74, 6) is -1.27. The summed E-state index contributed by atoms with van der Waals surface area (Å²) in [7, 11) is 0. The quantitative estimate of drug-likeness (QED) is 0.682. The maximum atomic E-state index is 13.1. The number of hydrogen-bond donors (Lipinski definition) is 3. The van der Waals surface area contributed by atoms with Crippen LogP contribution in [0, 0.1) is 5.82 Å². The fourth-order valence-electron chi connectivity index (χ4n) is 2.57. The van der Waals surface area contributed by atoms with Crippen LogP contribution in [0.25, 0.3) is 0 Å². The molecule has 2 aromatic rings. The Morgan fingerprint density at radius 1 is 1.26 bits per heavy atom. The average molecular weight is 392 g/mol. The van der Waals surface area contributed by atoms with Gasteiger partial charge in [0.1, 0.15) is 17.1 Å². The normalized spacial score (nSPS) is 18.6. The van der Waals surface area contributed by atoms with Gasteiger partial charge in [-0.2, -0.15) is 0 Å². The molecule has 1 atom stereocenters. The van der Waals surface area contributed by atoms with Crippen LogP contribution in [0.1, 0.15) is 12.5 Å². The Bertz CT molecular complexity index is 937. The molecule has 2 aromatic carbocycles. The van der Waals surface area contributed by atoms with Crippen LogP contribution in [0.2, 0.25) is 5.02 Å². The third-order valence-corrected chi connectivity index (χ3v) is 4.32. The molecule has 3 rings (SSSR count). The van der Waals surface area contributed by atoms with Crippen LogP contribution >= 0.6 is 11.6 Å². The van der Waals surface area contributed by atoms with Crippen molar-refractivity contribution in [3.8, 4) is 5.75 Å². The molecular formula is C18H15ClFN3O4. The van der Waals surface area contributed by atoms with Crippen LogP contribution in [0.4, 0.5) is 14.9 Å². The Morgan fingerprint density at radius 2 is 2.04 bits per heavy atom. The lowest BCUT2D eigenvalue weighted by molar-refractivity contribution is -0.123. The van der Waals surface area contributed by atoms with Gasteiger partial charge in [0.2, 0.25) is 0 Å². The van der Waals surface area contributed by atoms with Crippen LogP contribution in [0.15, 0.2) is 42.5 Å². The average Bonchev–Trinajstić information content (AvgIpc) is 2.89. The van der Waals surface area contributed by atoms with Gasteiger partial charge in [-0.05, 0) is 36.8 Å². The number of hydrogen-bond acceptors (Lipinski definition) is 4. The number of rotatable bonds is 5. The molecule has 0 spiro atoms. The van der Waals surface area contributed by atoms with Gasteiger partial charge in [0.05, 0.1) is 5.02 Å². The number of imide groups is 1. The molecule has 0 aliphatic carbocycles. The molecular weight excluding hydrogens is 377 g/mol. The van der Waals surface area contributed by atoms with E-state index in [0.717, 1.165) is 6.07 Å². The molecule has 1 heterocycles. The summed E-state index contributed by atoms with van der Waals surface area (Å²) in [6.45, 7) is 1.25. The van der Waals surface area contributed by atoms with E-state index < -0.39 is 29.2 Å². The fourth-order valence-corrected chi connectivity index (χ4v) is 2.74. The van der Waals surface area contributed by atoms with Gasteiger partial charge in [-0.1, -0.05) is 23.7 Å². The Kier molecular flexibility index (Phi) is 5.00. The van der Waals surface area contributed by atoms with E-state index in [2.05, 4.69) is 16.0 Å². The van der Waals surface area contributed by atoms with E-state index in [-0.39, 0.29) is 17.4 Å². The molecule has 7 nitrogen and oxygen atoms in total. The summed E-state index contributed by atoms with van der Waals surface area (Å²) in [4.78, 5) is 35.5. The zero-order chi connectivity index (χ0) is 19.6. The highest BCUT2D eigenvalue weighted by Gasteiger charge is 2.43. The van der Waals surface area contributed by atoms with Gasteiger partial charge in [-0.3, -0.25) is 14.9 Å². The molecule has 0 radical (unpaired) electrons. The van der Waals surface area contributed by atoms with E-state index >= 15 is 0 Å². The third-order valence-electron chi connectivity index (χ3n) is 4.03. The number of benzene rings is 2. The van der Waals surface area contributed by atoms with Gasteiger partial charge in [-0.15, -0.1) is 0 Å². The predicted octanol–water partition coefficient (Wildman–Crippen LogP) is 2.55. The molecule has 140 valence electrons. The van der Waals surface area contributed by atoms with E-state index in [9.17, 15) is 18.8 Å². The summed E-state index contributed by atoms with van der Waals surface area (Å²) in [6.07, 6.45) is 0. The molecule has 1 fully saturated rings. The highest BCUT2D eigenvalue weighted by Crippen LogP contribution is 2.26. The number of carbonyl (C=O) groups is 3. The first-order chi connectivity index (χ1) is 12.8. The van der Waals surface area contributed by atoms with Gasteiger partial charge in [0.25, 0.3) is 11.8 Å². The number of halogens is 2. The molecule has 1 aliphatic heterocycles. The van der Waals surface area contributed by atoms with Crippen molar-refractivity contribution in [2.45, 2.75) is 12.5 Å². The standard InChI is InChI=1S/C18H15ClFN3O4/c1-18(16(25)22-17(26)23-18)10-3-2-4-11(7-10)21-15(24)9-27-12-5-6-14(20)13(19)8-12/h2-8H,9H2,1H3,(H,21,24)(H2,22,23,25,26). The van der Waals surface area contributed by atoms with Gasteiger partial charge >= 0.3 is 6.03 Å². The molecule has 0 aromatic heterocycles. The van der Waals surface area contributed by atoms with Crippen LogP contribution in [-0.2, 0) is 15.1 Å². The van der Waals surface area contributed by atoms with Crippen LogP contribution in [0.5, 0.6) is 5.75 Å². The smallest absolute Gasteiger partial charge is 0.322 e. The highest BCUT2D eigenvalue weighted by molar-refractivity contribution is 6.30. The van der Waals surface area contributed by atoms with Crippen molar-refractivity contribution in [3.63, 3.8) is 0 Å².